The van der Waals surface area contributed by atoms with Crippen LogP contribution in [0, 0.1) is 0 Å². The van der Waals surface area contributed by atoms with Gasteiger partial charge < -0.3 is 5.32 Å². The van der Waals surface area contributed by atoms with E-state index in [2.05, 4.69) is 16.3 Å². The van der Waals surface area contributed by atoms with E-state index in [0.29, 0.717) is 22.9 Å². The Morgan fingerprint density at radius 1 is 1.28 bits per heavy atom. The molecule has 5 heteroatoms. The zero-order valence-corrected chi connectivity index (χ0v) is 10.9. The third-order valence-corrected chi connectivity index (χ3v) is 5.17. The summed E-state index contributed by atoms with van der Waals surface area (Å²) in [7, 11) is -2.03. The zero-order valence-electron chi connectivity index (χ0n) is 10.1. The Labute approximate surface area is 107 Å². The summed E-state index contributed by atoms with van der Waals surface area (Å²) < 4.78 is 16.5. The number of carbonyl (C=O) groups is 1. The van der Waals surface area contributed by atoms with Crippen molar-refractivity contribution in [2.75, 3.05) is 16.8 Å². The Balaban J connectivity index is 2.15. The largest absolute Gasteiger partial charge is 0.323 e. The van der Waals surface area contributed by atoms with Gasteiger partial charge in [0.05, 0.1) is 15.4 Å². The standard InChI is InChI=1S/C13H16N2O2S/c1-2-13(16)14-11-5-7-12(8-6-11)15-18(17)9-3-4-10-18/h2,5-8H,1,3-4,9-10H2,(H,14,16). The summed E-state index contributed by atoms with van der Waals surface area (Å²) >= 11 is 0. The van der Waals surface area contributed by atoms with E-state index in [0.717, 1.165) is 12.8 Å². The fourth-order valence-electron chi connectivity index (χ4n) is 1.84. The summed E-state index contributed by atoms with van der Waals surface area (Å²) in [4.78, 5) is 11.1. The molecule has 1 aliphatic heterocycles. The molecule has 0 aromatic heterocycles. The topological polar surface area (TPSA) is 58.5 Å². The van der Waals surface area contributed by atoms with Crippen LogP contribution in [0.1, 0.15) is 12.8 Å². The number of benzene rings is 1. The molecule has 0 unspecified atom stereocenters. The molecule has 1 heterocycles. The van der Waals surface area contributed by atoms with Crippen LogP contribution in [0.5, 0.6) is 0 Å². The van der Waals surface area contributed by atoms with Crippen molar-refractivity contribution in [3.05, 3.63) is 36.9 Å². The first-order chi connectivity index (χ1) is 8.61. The molecule has 0 radical (unpaired) electrons. The predicted octanol–water partition coefficient (Wildman–Crippen LogP) is 2.70. The van der Waals surface area contributed by atoms with Crippen molar-refractivity contribution < 1.29 is 9.00 Å². The molecule has 1 aromatic carbocycles. The second kappa shape index (κ2) is 5.35. The van der Waals surface area contributed by atoms with Crippen LogP contribution in [0.2, 0.25) is 0 Å². The van der Waals surface area contributed by atoms with Gasteiger partial charge in [-0.3, -0.25) is 4.79 Å². The highest BCUT2D eigenvalue weighted by molar-refractivity contribution is 7.93. The van der Waals surface area contributed by atoms with Gasteiger partial charge in [0.15, 0.2) is 0 Å². The van der Waals surface area contributed by atoms with Crippen LogP contribution in [0.3, 0.4) is 0 Å². The molecule has 0 aliphatic carbocycles. The van der Waals surface area contributed by atoms with Gasteiger partial charge >= 0.3 is 0 Å². The fourth-order valence-corrected chi connectivity index (χ4v) is 4.04. The quantitative estimate of drug-likeness (QED) is 0.853. The Kier molecular flexibility index (Phi) is 3.81. The van der Waals surface area contributed by atoms with E-state index < -0.39 is 9.73 Å². The molecule has 1 N–H and O–H groups in total. The lowest BCUT2D eigenvalue weighted by Crippen LogP contribution is -2.06. The predicted molar refractivity (Wildman–Crippen MR) is 74.5 cm³/mol. The molecule has 0 atom stereocenters. The van der Waals surface area contributed by atoms with Crippen molar-refractivity contribution in [2.24, 2.45) is 4.36 Å². The average molecular weight is 264 g/mol. The number of nitrogens with one attached hydrogen (secondary N) is 1. The number of hydrogen-bond donors (Lipinski definition) is 1. The molecule has 0 bridgehead atoms. The van der Waals surface area contributed by atoms with Crippen molar-refractivity contribution in [1.29, 1.82) is 0 Å². The Morgan fingerprint density at radius 2 is 1.89 bits per heavy atom. The van der Waals surface area contributed by atoms with Gasteiger partial charge in [-0.25, -0.2) is 4.21 Å². The maximum absolute atomic E-state index is 12.2. The minimum atomic E-state index is -2.03. The van der Waals surface area contributed by atoms with E-state index >= 15 is 0 Å². The molecule has 1 aromatic rings. The van der Waals surface area contributed by atoms with E-state index in [1.54, 1.807) is 24.3 Å². The highest BCUT2D eigenvalue weighted by Crippen LogP contribution is 2.22. The van der Waals surface area contributed by atoms with Gasteiger partial charge in [0.2, 0.25) is 5.91 Å². The molecular weight excluding hydrogens is 248 g/mol. The van der Waals surface area contributed by atoms with Crippen molar-refractivity contribution in [3.63, 3.8) is 0 Å². The third kappa shape index (κ3) is 3.20. The molecule has 0 saturated carbocycles. The summed E-state index contributed by atoms with van der Waals surface area (Å²) in [6.45, 7) is 3.38. The summed E-state index contributed by atoms with van der Waals surface area (Å²) in [6, 6.07) is 7.03. The van der Waals surface area contributed by atoms with Crippen LogP contribution < -0.4 is 5.32 Å². The van der Waals surface area contributed by atoms with E-state index in [1.807, 2.05) is 0 Å². The normalized spacial score (nSPS) is 17.1. The molecule has 2 rings (SSSR count). The number of nitrogens with zero attached hydrogens (tertiary/aromatic N) is 1. The maximum atomic E-state index is 12.2. The minimum absolute atomic E-state index is 0.249. The van der Waals surface area contributed by atoms with Crippen molar-refractivity contribution in [1.82, 2.24) is 0 Å². The van der Waals surface area contributed by atoms with Crippen LogP contribution in [-0.2, 0) is 14.5 Å². The third-order valence-electron chi connectivity index (χ3n) is 2.77. The van der Waals surface area contributed by atoms with Gasteiger partial charge in [0, 0.05) is 17.2 Å². The van der Waals surface area contributed by atoms with Crippen molar-refractivity contribution >= 4 is 27.0 Å². The molecule has 0 spiro atoms. The number of anilines is 1. The minimum Gasteiger partial charge on any atom is -0.323 e. The number of rotatable bonds is 3. The van der Waals surface area contributed by atoms with Crippen LogP contribution in [0.15, 0.2) is 41.3 Å². The average Bonchev–Trinajstić information content (AvgIpc) is 2.78. The summed E-state index contributed by atoms with van der Waals surface area (Å²) in [6.07, 6.45) is 3.21. The monoisotopic (exact) mass is 264 g/mol. The van der Waals surface area contributed by atoms with E-state index in [1.165, 1.54) is 6.08 Å². The molecular formula is C13H16N2O2S. The zero-order chi connectivity index (χ0) is 13.0. The van der Waals surface area contributed by atoms with Crippen LogP contribution in [-0.4, -0.2) is 21.6 Å². The van der Waals surface area contributed by atoms with Gasteiger partial charge in [0.1, 0.15) is 0 Å². The molecule has 1 saturated heterocycles. The second-order valence-electron chi connectivity index (χ2n) is 4.22. The van der Waals surface area contributed by atoms with E-state index in [9.17, 15) is 9.00 Å². The molecule has 1 amide bonds. The van der Waals surface area contributed by atoms with Gasteiger partial charge in [-0.05, 0) is 43.2 Å². The van der Waals surface area contributed by atoms with Crippen LogP contribution in [0.4, 0.5) is 11.4 Å². The highest BCUT2D eigenvalue weighted by Gasteiger charge is 2.16. The van der Waals surface area contributed by atoms with Gasteiger partial charge in [-0.1, -0.05) is 6.58 Å². The number of hydrogen-bond acceptors (Lipinski definition) is 3. The first-order valence-electron chi connectivity index (χ1n) is 5.87. The van der Waals surface area contributed by atoms with Gasteiger partial charge in [-0.2, -0.15) is 4.36 Å². The lowest BCUT2D eigenvalue weighted by Gasteiger charge is -2.03. The summed E-state index contributed by atoms with van der Waals surface area (Å²) in [5.74, 6) is 1.14. The van der Waals surface area contributed by atoms with E-state index in [-0.39, 0.29) is 5.91 Å². The first-order valence-corrected chi connectivity index (χ1v) is 7.73. The summed E-state index contributed by atoms with van der Waals surface area (Å²) in [5.41, 5.74) is 1.39. The molecule has 1 fully saturated rings. The highest BCUT2D eigenvalue weighted by atomic mass is 32.2. The summed E-state index contributed by atoms with van der Waals surface area (Å²) in [5, 5.41) is 2.65. The van der Waals surface area contributed by atoms with E-state index in [4.69, 9.17) is 0 Å². The Morgan fingerprint density at radius 3 is 2.44 bits per heavy atom. The smallest absolute Gasteiger partial charge is 0.247 e. The van der Waals surface area contributed by atoms with Crippen molar-refractivity contribution in [2.45, 2.75) is 12.8 Å². The first kappa shape index (κ1) is 12.8. The van der Waals surface area contributed by atoms with Crippen LogP contribution >= 0.6 is 0 Å². The Hall–Kier alpha value is -1.62. The van der Waals surface area contributed by atoms with Crippen molar-refractivity contribution in [3.8, 4) is 0 Å². The molecule has 1 aliphatic rings. The number of amides is 1. The lowest BCUT2D eigenvalue weighted by atomic mass is 10.3. The maximum Gasteiger partial charge on any atom is 0.247 e. The Bertz CT molecular complexity index is 557. The second-order valence-corrected chi connectivity index (χ2v) is 6.76. The fraction of sp³-hybridized carbons (Fsp3) is 0.308. The van der Waals surface area contributed by atoms with Crippen LogP contribution in [0.25, 0.3) is 0 Å². The lowest BCUT2D eigenvalue weighted by molar-refractivity contribution is -0.111. The molecule has 4 nitrogen and oxygen atoms in total. The van der Waals surface area contributed by atoms with Gasteiger partial charge in [0.25, 0.3) is 0 Å². The number of carbonyl (C=O) groups excluding carboxylic acids is 1. The SMILES string of the molecule is C=CC(=O)Nc1ccc(N=S2(=O)CCCC2)cc1. The molecule has 18 heavy (non-hydrogen) atoms. The molecule has 96 valence electrons. The van der Waals surface area contributed by atoms with Gasteiger partial charge in [-0.15, -0.1) is 0 Å².